The zero-order valence-electron chi connectivity index (χ0n) is 10.4. The summed E-state index contributed by atoms with van der Waals surface area (Å²) in [6.07, 6.45) is 4.14. The number of benzene rings is 1. The smallest absolute Gasteiger partial charge is 0.175 e. The van der Waals surface area contributed by atoms with Gasteiger partial charge in [0.2, 0.25) is 0 Å². The predicted molar refractivity (Wildman–Crippen MR) is 69.5 cm³/mol. The molecule has 0 aliphatic heterocycles. The van der Waals surface area contributed by atoms with Crippen LogP contribution in [0.25, 0.3) is 11.1 Å². The summed E-state index contributed by atoms with van der Waals surface area (Å²) < 4.78 is 18.2. The van der Waals surface area contributed by atoms with Gasteiger partial charge in [-0.1, -0.05) is 37.1 Å². The van der Waals surface area contributed by atoms with Gasteiger partial charge >= 0.3 is 0 Å². The van der Waals surface area contributed by atoms with E-state index in [0.29, 0.717) is 5.82 Å². The number of aromatic nitrogens is 1. The van der Waals surface area contributed by atoms with Gasteiger partial charge in [0.05, 0.1) is 5.56 Å². The lowest BCUT2D eigenvalue weighted by atomic mass is 10.0. The first-order valence-corrected chi connectivity index (χ1v) is 6.22. The fourth-order valence-electron chi connectivity index (χ4n) is 1.97. The molecule has 0 aliphatic rings. The van der Waals surface area contributed by atoms with Crippen LogP contribution in [-0.4, -0.2) is 5.16 Å². The molecule has 0 unspecified atom stereocenters. The third-order valence-electron chi connectivity index (χ3n) is 2.93. The molecule has 1 heterocycles. The minimum atomic E-state index is -0.263. The molecule has 18 heavy (non-hydrogen) atoms. The van der Waals surface area contributed by atoms with Crippen LogP contribution in [-0.2, 0) is 6.42 Å². The van der Waals surface area contributed by atoms with Gasteiger partial charge in [-0.05, 0) is 24.1 Å². The average molecular weight is 248 g/mol. The molecule has 0 fully saturated rings. The Morgan fingerprint density at radius 1 is 1.22 bits per heavy atom. The van der Waals surface area contributed by atoms with Crippen molar-refractivity contribution in [2.45, 2.75) is 32.6 Å². The normalized spacial score (nSPS) is 10.8. The van der Waals surface area contributed by atoms with Crippen LogP contribution in [0.5, 0.6) is 0 Å². The number of nitrogen functional groups attached to an aromatic ring is 1. The summed E-state index contributed by atoms with van der Waals surface area (Å²) in [5, 5.41) is 3.80. The average Bonchev–Trinajstić information content (AvgIpc) is 2.72. The molecular weight excluding hydrogens is 231 g/mol. The highest BCUT2D eigenvalue weighted by Gasteiger charge is 2.15. The highest BCUT2D eigenvalue weighted by molar-refractivity contribution is 5.75. The Bertz CT molecular complexity index is 505. The third kappa shape index (κ3) is 2.70. The molecule has 0 amide bonds. The van der Waals surface area contributed by atoms with Gasteiger partial charge in [0, 0.05) is 6.42 Å². The first-order chi connectivity index (χ1) is 8.72. The molecule has 3 nitrogen and oxygen atoms in total. The van der Waals surface area contributed by atoms with Crippen molar-refractivity contribution in [1.82, 2.24) is 5.16 Å². The molecule has 0 aliphatic carbocycles. The number of rotatable bonds is 5. The van der Waals surface area contributed by atoms with Crippen molar-refractivity contribution in [3.05, 3.63) is 35.8 Å². The number of hydrogen-bond donors (Lipinski definition) is 1. The summed E-state index contributed by atoms with van der Waals surface area (Å²) >= 11 is 0. The lowest BCUT2D eigenvalue weighted by Crippen LogP contribution is -1.91. The highest BCUT2D eigenvalue weighted by atomic mass is 19.1. The van der Waals surface area contributed by atoms with E-state index in [0.717, 1.165) is 42.6 Å². The minimum absolute atomic E-state index is 0.263. The maximum absolute atomic E-state index is 12.9. The van der Waals surface area contributed by atoms with Crippen LogP contribution in [0.15, 0.2) is 28.8 Å². The number of halogens is 1. The molecule has 2 aromatic rings. The SMILES string of the molecule is CCCCCc1onc(N)c1-c1ccc(F)cc1. The van der Waals surface area contributed by atoms with E-state index in [4.69, 9.17) is 10.3 Å². The van der Waals surface area contributed by atoms with E-state index in [-0.39, 0.29) is 5.82 Å². The molecule has 1 aromatic carbocycles. The highest BCUT2D eigenvalue weighted by Crippen LogP contribution is 2.30. The van der Waals surface area contributed by atoms with Gasteiger partial charge in [-0.2, -0.15) is 0 Å². The summed E-state index contributed by atoms with van der Waals surface area (Å²) in [7, 11) is 0. The second-order valence-electron chi connectivity index (χ2n) is 4.33. The number of nitrogens with zero attached hydrogens (tertiary/aromatic N) is 1. The van der Waals surface area contributed by atoms with E-state index in [1.807, 2.05) is 0 Å². The molecule has 1 aromatic heterocycles. The van der Waals surface area contributed by atoms with Gasteiger partial charge in [0.25, 0.3) is 0 Å². The Hall–Kier alpha value is -1.84. The number of hydrogen-bond acceptors (Lipinski definition) is 3. The lowest BCUT2D eigenvalue weighted by molar-refractivity contribution is 0.382. The lowest BCUT2D eigenvalue weighted by Gasteiger charge is -2.02. The Morgan fingerprint density at radius 3 is 2.61 bits per heavy atom. The van der Waals surface area contributed by atoms with E-state index in [1.165, 1.54) is 12.1 Å². The molecule has 96 valence electrons. The van der Waals surface area contributed by atoms with Gasteiger partial charge in [-0.15, -0.1) is 0 Å². The van der Waals surface area contributed by atoms with E-state index in [1.54, 1.807) is 12.1 Å². The van der Waals surface area contributed by atoms with Crippen LogP contribution < -0.4 is 5.73 Å². The van der Waals surface area contributed by atoms with E-state index < -0.39 is 0 Å². The summed E-state index contributed by atoms with van der Waals surface area (Å²) in [4.78, 5) is 0. The molecule has 0 saturated heterocycles. The van der Waals surface area contributed by atoms with Gasteiger partial charge in [0.1, 0.15) is 11.6 Å². The second kappa shape index (κ2) is 5.67. The Labute approximate surface area is 106 Å². The van der Waals surface area contributed by atoms with E-state index in [2.05, 4.69) is 12.1 Å². The van der Waals surface area contributed by atoms with Crippen molar-refractivity contribution in [2.24, 2.45) is 0 Å². The van der Waals surface area contributed by atoms with Crippen LogP contribution >= 0.6 is 0 Å². The number of aryl methyl sites for hydroxylation is 1. The van der Waals surface area contributed by atoms with Crippen LogP contribution in [0, 0.1) is 5.82 Å². The first kappa shape index (κ1) is 12.6. The van der Waals surface area contributed by atoms with Crippen LogP contribution in [0.3, 0.4) is 0 Å². The van der Waals surface area contributed by atoms with Crippen LogP contribution in [0.4, 0.5) is 10.2 Å². The fraction of sp³-hybridized carbons (Fsp3) is 0.357. The fourth-order valence-corrected chi connectivity index (χ4v) is 1.97. The topological polar surface area (TPSA) is 52.0 Å². The van der Waals surface area contributed by atoms with Crippen LogP contribution in [0.2, 0.25) is 0 Å². The van der Waals surface area contributed by atoms with E-state index in [9.17, 15) is 4.39 Å². The van der Waals surface area contributed by atoms with Crippen molar-refractivity contribution in [3.63, 3.8) is 0 Å². The molecule has 4 heteroatoms. The number of anilines is 1. The van der Waals surface area contributed by atoms with Crippen LogP contribution in [0.1, 0.15) is 31.9 Å². The number of unbranched alkanes of at least 4 members (excludes halogenated alkanes) is 2. The van der Waals surface area contributed by atoms with Crippen molar-refractivity contribution in [1.29, 1.82) is 0 Å². The van der Waals surface area contributed by atoms with Crippen molar-refractivity contribution >= 4 is 5.82 Å². The maximum atomic E-state index is 12.9. The molecule has 0 bridgehead atoms. The zero-order chi connectivity index (χ0) is 13.0. The summed E-state index contributed by atoms with van der Waals surface area (Å²) in [6.45, 7) is 2.15. The quantitative estimate of drug-likeness (QED) is 0.819. The van der Waals surface area contributed by atoms with Gasteiger partial charge in [-0.25, -0.2) is 4.39 Å². The molecule has 2 rings (SSSR count). The molecule has 0 saturated carbocycles. The molecule has 0 spiro atoms. The predicted octanol–water partition coefficient (Wildman–Crippen LogP) is 3.80. The number of nitrogens with two attached hydrogens (primary N) is 1. The summed E-state index contributed by atoms with van der Waals surface area (Å²) in [5.41, 5.74) is 7.46. The monoisotopic (exact) mass is 248 g/mol. The summed E-state index contributed by atoms with van der Waals surface area (Å²) in [5.74, 6) is 0.891. The third-order valence-corrected chi connectivity index (χ3v) is 2.93. The van der Waals surface area contributed by atoms with Gasteiger partial charge in [0.15, 0.2) is 5.82 Å². The Kier molecular flexibility index (Phi) is 3.97. The van der Waals surface area contributed by atoms with Gasteiger partial charge in [-0.3, -0.25) is 0 Å². The minimum Gasteiger partial charge on any atom is -0.380 e. The van der Waals surface area contributed by atoms with Gasteiger partial charge < -0.3 is 10.3 Å². The second-order valence-corrected chi connectivity index (χ2v) is 4.33. The zero-order valence-corrected chi connectivity index (χ0v) is 10.4. The molecule has 0 atom stereocenters. The Balaban J connectivity index is 2.25. The standard InChI is InChI=1S/C14H17FN2O/c1-2-3-4-5-12-13(14(16)17-18-12)10-6-8-11(15)9-7-10/h6-9H,2-5H2,1H3,(H2,16,17). The first-order valence-electron chi connectivity index (χ1n) is 6.22. The van der Waals surface area contributed by atoms with Crippen molar-refractivity contribution in [3.8, 4) is 11.1 Å². The van der Waals surface area contributed by atoms with E-state index >= 15 is 0 Å². The Morgan fingerprint density at radius 2 is 1.94 bits per heavy atom. The van der Waals surface area contributed by atoms with Crippen molar-refractivity contribution < 1.29 is 8.91 Å². The molecular formula is C14H17FN2O. The maximum Gasteiger partial charge on any atom is 0.175 e. The molecule has 2 N–H and O–H groups in total. The molecule has 0 radical (unpaired) electrons. The summed E-state index contributed by atoms with van der Waals surface area (Å²) in [6, 6.07) is 6.22. The largest absolute Gasteiger partial charge is 0.380 e. The van der Waals surface area contributed by atoms with Crippen molar-refractivity contribution in [2.75, 3.05) is 5.73 Å².